The predicted octanol–water partition coefficient (Wildman–Crippen LogP) is 3.83. The van der Waals surface area contributed by atoms with E-state index < -0.39 is 0 Å². The fourth-order valence-electron chi connectivity index (χ4n) is 3.74. The number of aromatic nitrogens is 2. The molecule has 3 aromatic rings. The van der Waals surface area contributed by atoms with Crippen molar-refractivity contribution in [3.8, 4) is 0 Å². The fraction of sp³-hybridized carbons (Fsp3) is 0.261. The quantitative estimate of drug-likeness (QED) is 0.722. The fourth-order valence-corrected chi connectivity index (χ4v) is 3.74. The molecule has 0 spiro atoms. The van der Waals surface area contributed by atoms with E-state index in [2.05, 4.69) is 10.4 Å². The standard InChI is InChI=1S/C23H24N4O2/c28-22(18-9-3-1-4-10-18)25-20-15-24-26(16-20)17-21-13-7-8-14-27(21)23(29)19-11-5-2-6-12-19/h1-6,9-12,15-16,21H,7-8,13-14,17H2,(H,25,28)/t21-/m0/s1. The molecule has 1 aliphatic heterocycles. The maximum absolute atomic E-state index is 12.9. The maximum atomic E-state index is 12.9. The number of nitrogens with one attached hydrogen (secondary N) is 1. The number of carbonyl (C=O) groups excluding carboxylic acids is 2. The predicted molar refractivity (Wildman–Crippen MR) is 112 cm³/mol. The van der Waals surface area contributed by atoms with E-state index in [4.69, 9.17) is 0 Å². The van der Waals surface area contributed by atoms with Crippen LogP contribution in [0, 0.1) is 0 Å². The molecular formula is C23H24N4O2. The van der Waals surface area contributed by atoms with E-state index in [0.29, 0.717) is 17.8 Å². The number of hydrogen-bond acceptors (Lipinski definition) is 3. The van der Waals surface area contributed by atoms with Gasteiger partial charge in [-0.2, -0.15) is 5.10 Å². The van der Waals surface area contributed by atoms with Crippen molar-refractivity contribution in [3.63, 3.8) is 0 Å². The zero-order valence-electron chi connectivity index (χ0n) is 16.2. The zero-order valence-corrected chi connectivity index (χ0v) is 16.2. The summed E-state index contributed by atoms with van der Waals surface area (Å²) in [5.74, 6) is -0.0937. The Balaban J connectivity index is 1.43. The molecule has 2 aromatic carbocycles. The van der Waals surface area contributed by atoms with Crippen LogP contribution in [-0.4, -0.2) is 39.1 Å². The molecule has 1 aromatic heterocycles. The van der Waals surface area contributed by atoms with Crippen LogP contribution in [0.25, 0.3) is 0 Å². The molecular weight excluding hydrogens is 364 g/mol. The summed E-state index contributed by atoms with van der Waals surface area (Å²) in [6, 6.07) is 18.6. The third kappa shape index (κ3) is 4.54. The minimum atomic E-state index is -0.163. The summed E-state index contributed by atoms with van der Waals surface area (Å²) >= 11 is 0. The molecule has 4 rings (SSSR count). The van der Waals surface area contributed by atoms with Gasteiger partial charge < -0.3 is 10.2 Å². The normalized spacial score (nSPS) is 16.4. The molecule has 0 bridgehead atoms. The summed E-state index contributed by atoms with van der Waals surface area (Å²) < 4.78 is 1.81. The zero-order chi connectivity index (χ0) is 20.1. The number of nitrogens with zero attached hydrogens (tertiary/aromatic N) is 3. The second-order valence-electron chi connectivity index (χ2n) is 7.29. The first-order chi connectivity index (χ1) is 14.2. The van der Waals surface area contributed by atoms with Gasteiger partial charge in [0, 0.05) is 23.9 Å². The first-order valence-electron chi connectivity index (χ1n) is 9.95. The lowest BCUT2D eigenvalue weighted by atomic mass is 10.0. The monoisotopic (exact) mass is 388 g/mol. The highest BCUT2D eigenvalue weighted by molar-refractivity contribution is 6.04. The number of carbonyl (C=O) groups is 2. The van der Waals surface area contributed by atoms with Gasteiger partial charge in [-0.3, -0.25) is 14.3 Å². The summed E-state index contributed by atoms with van der Waals surface area (Å²) in [4.78, 5) is 27.2. The summed E-state index contributed by atoms with van der Waals surface area (Å²) in [5, 5.41) is 7.26. The number of rotatable bonds is 5. The van der Waals surface area contributed by atoms with Crippen molar-refractivity contribution in [3.05, 3.63) is 84.2 Å². The average molecular weight is 388 g/mol. The van der Waals surface area contributed by atoms with Gasteiger partial charge in [0.1, 0.15) is 0 Å². The van der Waals surface area contributed by atoms with E-state index in [0.717, 1.165) is 31.4 Å². The van der Waals surface area contributed by atoms with Gasteiger partial charge in [-0.15, -0.1) is 0 Å². The topological polar surface area (TPSA) is 67.2 Å². The van der Waals surface area contributed by atoms with Crippen LogP contribution in [0.15, 0.2) is 73.1 Å². The van der Waals surface area contributed by atoms with Crippen LogP contribution in [0.3, 0.4) is 0 Å². The maximum Gasteiger partial charge on any atom is 0.255 e. The molecule has 0 radical (unpaired) electrons. The largest absolute Gasteiger partial charge is 0.334 e. The molecule has 148 valence electrons. The number of amides is 2. The number of benzene rings is 2. The summed E-state index contributed by atoms with van der Waals surface area (Å²) in [5.41, 5.74) is 1.97. The van der Waals surface area contributed by atoms with E-state index in [9.17, 15) is 9.59 Å². The minimum Gasteiger partial charge on any atom is -0.334 e. The summed E-state index contributed by atoms with van der Waals surface area (Å²) in [7, 11) is 0. The molecule has 0 saturated carbocycles. The molecule has 2 heterocycles. The summed E-state index contributed by atoms with van der Waals surface area (Å²) in [6.45, 7) is 1.37. The second kappa shape index (κ2) is 8.73. The second-order valence-corrected chi connectivity index (χ2v) is 7.29. The van der Waals surface area contributed by atoms with Gasteiger partial charge in [0.2, 0.25) is 0 Å². The first kappa shape index (κ1) is 18.9. The van der Waals surface area contributed by atoms with Gasteiger partial charge in [0.05, 0.1) is 24.5 Å². The van der Waals surface area contributed by atoms with Crippen LogP contribution < -0.4 is 5.32 Å². The molecule has 0 aliphatic carbocycles. The van der Waals surface area contributed by atoms with Gasteiger partial charge in [0.25, 0.3) is 11.8 Å². The van der Waals surface area contributed by atoms with Crippen LogP contribution in [0.5, 0.6) is 0 Å². The highest BCUT2D eigenvalue weighted by Crippen LogP contribution is 2.21. The van der Waals surface area contributed by atoms with Crippen molar-refractivity contribution < 1.29 is 9.59 Å². The Morgan fingerprint density at radius 3 is 2.38 bits per heavy atom. The Kier molecular flexibility index (Phi) is 5.70. The summed E-state index contributed by atoms with van der Waals surface area (Å²) in [6.07, 6.45) is 6.53. The van der Waals surface area contributed by atoms with E-state index in [1.54, 1.807) is 18.3 Å². The Morgan fingerprint density at radius 2 is 1.66 bits per heavy atom. The molecule has 1 fully saturated rings. The molecule has 1 atom stereocenters. The third-order valence-electron chi connectivity index (χ3n) is 5.23. The Morgan fingerprint density at radius 1 is 0.966 bits per heavy atom. The lowest BCUT2D eigenvalue weighted by Crippen LogP contribution is -2.45. The Labute approximate surface area is 170 Å². The van der Waals surface area contributed by atoms with Gasteiger partial charge in [0.15, 0.2) is 0 Å². The molecule has 1 aliphatic rings. The van der Waals surface area contributed by atoms with Crippen molar-refractivity contribution in [2.75, 3.05) is 11.9 Å². The number of likely N-dealkylation sites (tertiary alicyclic amines) is 1. The van der Waals surface area contributed by atoms with E-state index in [1.165, 1.54) is 0 Å². The number of piperidine rings is 1. The van der Waals surface area contributed by atoms with Crippen molar-refractivity contribution in [1.82, 2.24) is 14.7 Å². The molecule has 6 nitrogen and oxygen atoms in total. The van der Waals surface area contributed by atoms with Gasteiger partial charge in [-0.05, 0) is 43.5 Å². The molecule has 0 unspecified atom stereocenters. The van der Waals surface area contributed by atoms with Crippen molar-refractivity contribution >= 4 is 17.5 Å². The minimum absolute atomic E-state index is 0.0695. The SMILES string of the molecule is O=C(Nc1cnn(C[C@@H]2CCCCN2C(=O)c2ccccc2)c1)c1ccccc1. The number of anilines is 1. The van der Waals surface area contributed by atoms with Crippen LogP contribution in [0.2, 0.25) is 0 Å². The Hall–Kier alpha value is -3.41. The van der Waals surface area contributed by atoms with Crippen LogP contribution in [0.4, 0.5) is 5.69 Å². The van der Waals surface area contributed by atoms with Crippen LogP contribution >= 0.6 is 0 Å². The van der Waals surface area contributed by atoms with Crippen molar-refractivity contribution in [2.45, 2.75) is 31.8 Å². The Bertz CT molecular complexity index is 969. The van der Waals surface area contributed by atoms with Crippen molar-refractivity contribution in [2.24, 2.45) is 0 Å². The highest BCUT2D eigenvalue weighted by Gasteiger charge is 2.28. The van der Waals surface area contributed by atoms with E-state index in [-0.39, 0.29) is 17.9 Å². The lowest BCUT2D eigenvalue weighted by molar-refractivity contribution is 0.0584. The first-order valence-corrected chi connectivity index (χ1v) is 9.95. The van der Waals surface area contributed by atoms with Crippen LogP contribution in [-0.2, 0) is 6.54 Å². The highest BCUT2D eigenvalue weighted by atomic mass is 16.2. The van der Waals surface area contributed by atoms with Crippen LogP contribution in [0.1, 0.15) is 40.0 Å². The molecule has 6 heteroatoms. The molecule has 29 heavy (non-hydrogen) atoms. The third-order valence-corrected chi connectivity index (χ3v) is 5.23. The lowest BCUT2D eigenvalue weighted by Gasteiger charge is -2.35. The van der Waals surface area contributed by atoms with Gasteiger partial charge in [-0.25, -0.2) is 0 Å². The smallest absolute Gasteiger partial charge is 0.255 e. The van der Waals surface area contributed by atoms with E-state index in [1.807, 2.05) is 64.3 Å². The number of hydrogen-bond donors (Lipinski definition) is 1. The molecule has 1 saturated heterocycles. The van der Waals surface area contributed by atoms with Gasteiger partial charge >= 0.3 is 0 Å². The molecule has 1 N–H and O–H groups in total. The van der Waals surface area contributed by atoms with Gasteiger partial charge in [-0.1, -0.05) is 36.4 Å². The average Bonchev–Trinajstić information content (AvgIpc) is 3.21. The molecule has 2 amide bonds. The van der Waals surface area contributed by atoms with E-state index >= 15 is 0 Å². The van der Waals surface area contributed by atoms with Crippen molar-refractivity contribution in [1.29, 1.82) is 0 Å².